The topological polar surface area (TPSA) is 29.1 Å². The second-order valence-electron chi connectivity index (χ2n) is 5.84. The van der Waals surface area contributed by atoms with Crippen LogP contribution in [0.4, 0.5) is 4.39 Å². The van der Waals surface area contributed by atoms with Crippen molar-refractivity contribution in [3.05, 3.63) is 107 Å². The van der Waals surface area contributed by atoms with Crippen LogP contribution in [0, 0.1) is 17.7 Å². The Balaban J connectivity index is 1.70. The molecule has 0 aliphatic carbocycles. The van der Waals surface area contributed by atoms with Gasteiger partial charge in [0.15, 0.2) is 0 Å². The first-order chi connectivity index (χ1) is 12.7. The Hall–Kier alpha value is -3.38. The largest absolute Gasteiger partial charge is 0.344 e. The van der Waals surface area contributed by atoms with Gasteiger partial charge in [-0.2, -0.15) is 0 Å². The summed E-state index contributed by atoms with van der Waals surface area (Å²) in [4.78, 5) is 12.1. The lowest BCUT2D eigenvalue weighted by Gasteiger charge is -2.18. The van der Waals surface area contributed by atoms with Crippen LogP contribution in [-0.2, 0) is 4.79 Å². The Bertz CT molecular complexity index is 870. The van der Waals surface area contributed by atoms with Gasteiger partial charge in [-0.3, -0.25) is 4.79 Å². The predicted molar refractivity (Wildman–Crippen MR) is 101 cm³/mol. The number of carbonyl (C=O) groups excluding carboxylic acids is 1. The van der Waals surface area contributed by atoms with E-state index in [-0.39, 0.29) is 17.6 Å². The van der Waals surface area contributed by atoms with E-state index in [0.29, 0.717) is 12.1 Å². The third-order valence-electron chi connectivity index (χ3n) is 4.04. The number of rotatable bonds is 4. The minimum absolute atomic E-state index is 0.0500. The lowest BCUT2D eigenvalue weighted by Crippen LogP contribution is -2.27. The van der Waals surface area contributed by atoms with E-state index in [1.807, 2.05) is 60.7 Å². The molecular weight excluding hydrogens is 325 g/mol. The second kappa shape index (κ2) is 8.64. The maximum Gasteiger partial charge on any atom is 0.296 e. The molecule has 3 aromatic carbocycles. The molecule has 3 rings (SSSR count). The molecule has 0 aromatic heterocycles. The number of carbonyl (C=O) groups is 1. The molecule has 0 spiro atoms. The molecule has 2 nitrogen and oxygen atoms in total. The summed E-state index contributed by atoms with van der Waals surface area (Å²) in [5.41, 5.74) is 2.86. The van der Waals surface area contributed by atoms with Gasteiger partial charge in [-0.1, -0.05) is 66.6 Å². The van der Waals surface area contributed by atoms with Crippen molar-refractivity contribution in [2.45, 2.75) is 5.92 Å². The molecular formula is C23H18FNO. The number of halogens is 1. The van der Waals surface area contributed by atoms with Gasteiger partial charge in [0.25, 0.3) is 5.91 Å². The number of benzene rings is 3. The van der Waals surface area contributed by atoms with Crippen molar-refractivity contribution < 1.29 is 9.18 Å². The van der Waals surface area contributed by atoms with Gasteiger partial charge in [-0.15, -0.1) is 0 Å². The minimum Gasteiger partial charge on any atom is -0.344 e. The summed E-state index contributed by atoms with van der Waals surface area (Å²) in [7, 11) is 0. The van der Waals surface area contributed by atoms with Crippen LogP contribution >= 0.6 is 0 Å². The molecule has 0 saturated heterocycles. The smallest absolute Gasteiger partial charge is 0.296 e. The SMILES string of the molecule is O=C(C#Cc1ccc(F)cc1)NCC(c1ccccc1)c1ccccc1. The van der Waals surface area contributed by atoms with Gasteiger partial charge in [0, 0.05) is 23.9 Å². The first kappa shape index (κ1) is 17.4. The van der Waals surface area contributed by atoms with Crippen LogP contribution in [0.5, 0.6) is 0 Å². The molecule has 128 valence electrons. The van der Waals surface area contributed by atoms with E-state index in [2.05, 4.69) is 17.2 Å². The average molecular weight is 343 g/mol. The van der Waals surface area contributed by atoms with Gasteiger partial charge in [0.1, 0.15) is 5.82 Å². The quantitative estimate of drug-likeness (QED) is 0.709. The molecule has 0 fully saturated rings. The van der Waals surface area contributed by atoms with Crippen molar-refractivity contribution in [1.82, 2.24) is 5.32 Å². The summed E-state index contributed by atoms with van der Waals surface area (Å²) in [5.74, 6) is 4.67. The van der Waals surface area contributed by atoms with Crippen LogP contribution in [0.3, 0.4) is 0 Å². The average Bonchev–Trinajstić information content (AvgIpc) is 2.69. The number of hydrogen-bond acceptors (Lipinski definition) is 1. The van der Waals surface area contributed by atoms with Gasteiger partial charge < -0.3 is 5.32 Å². The van der Waals surface area contributed by atoms with Crippen LogP contribution in [0.15, 0.2) is 84.9 Å². The van der Waals surface area contributed by atoms with Crippen molar-refractivity contribution in [3.8, 4) is 11.8 Å². The third kappa shape index (κ3) is 4.81. The van der Waals surface area contributed by atoms with Gasteiger partial charge in [0.2, 0.25) is 0 Å². The molecule has 0 unspecified atom stereocenters. The fourth-order valence-electron chi connectivity index (χ4n) is 2.70. The predicted octanol–water partition coefficient (Wildman–Crippen LogP) is 4.13. The Morgan fingerprint density at radius 2 is 1.38 bits per heavy atom. The van der Waals surface area contributed by atoms with Gasteiger partial charge in [-0.25, -0.2) is 4.39 Å². The highest BCUT2D eigenvalue weighted by Crippen LogP contribution is 2.23. The molecule has 3 aromatic rings. The van der Waals surface area contributed by atoms with Crippen LogP contribution in [-0.4, -0.2) is 12.5 Å². The maximum absolute atomic E-state index is 12.9. The first-order valence-corrected chi connectivity index (χ1v) is 8.37. The van der Waals surface area contributed by atoms with Crippen LogP contribution in [0.2, 0.25) is 0 Å². The zero-order valence-electron chi connectivity index (χ0n) is 14.2. The highest BCUT2D eigenvalue weighted by Gasteiger charge is 2.14. The fourth-order valence-corrected chi connectivity index (χ4v) is 2.70. The molecule has 26 heavy (non-hydrogen) atoms. The van der Waals surface area contributed by atoms with E-state index in [1.165, 1.54) is 12.1 Å². The summed E-state index contributed by atoms with van der Waals surface area (Å²) < 4.78 is 12.9. The Morgan fingerprint density at radius 3 is 1.92 bits per heavy atom. The Labute approximate surface area is 152 Å². The summed E-state index contributed by atoms with van der Waals surface area (Å²) in [6.45, 7) is 0.449. The van der Waals surface area contributed by atoms with Crippen molar-refractivity contribution in [2.75, 3.05) is 6.54 Å². The molecule has 0 saturated carbocycles. The van der Waals surface area contributed by atoms with Crippen molar-refractivity contribution in [3.63, 3.8) is 0 Å². The summed E-state index contributed by atoms with van der Waals surface area (Å²) in [5, 5.41) is 2.87. The van der Waals surface area contributed by atoms with E-state index < -0.39 is 0 Å². The summed E-state index contributed by atoms with van der Waals surface area (Å²) in [6, 6.07) is 25.8. The minimum atomic E-state index is -0.355. The van der Waals surface area contributed by atoms with E-state index >= 15 is 0 Å². The molecule has 0 aliphatic rings. The maximum atomic E-state index is 12.9. The van der Waals surface area contributed by atoms with Crippen molar-refractivity contribution >= 4 is 5.91 Å². The lowest BCUT2D eigenvalue weighted by atomic mass is 9.91. The lowest BCUT2D eigenvalue weighted by molar-refractivity contribution is -0.115. The number of amides is 1. The van der Waals surface area contributed by atoms with Crippen molar-refractivity contribution in [2.24, 2.45) is 0 Å². The Morgan fingerprint density at radius 1 is 0.846 bits per heavy atom. The van der Waals surface area contributed by atoms with E-state index in [9.17, 15) is 9.18 Å². The standard InChI is InChI=1S/C23H18FNO/c24-21-14-11-18(12-15-21)13-16-23(26)25-17-22(19-7-3-1-4-8-19)20-9-5-2-6-10-20/h1-12,14-15,22H,17H2,(H,25,26). The molecule has 0 bridgehead atoms. The van der Waals surface area contributed by atoms with Crippen LogP contribution < -0.4 is 5.32 Å². The van der Waals surface area contributed by atoms with Gasteiger partial charge >= 0.3 is 0 Å². The molecule has 0 radical (unpaired) electrons. The molecule has 0 heterocycles. The highest BCUT2D eigenvalue weighted by molar-refractivity contribution is 5.94. The molecule has 1 N–H and O–H groups in total. The van der Waals surface area contributed by atoms with Crippen LogP contribution in [0.25, 0.3) is 0 Å². The number of hydrogen-bond donors (Lipinski definition) is 1. The molecule has 3 heteroatoms. The number of nitrogens with one attached hydrogen (secondary N) is 1. The van der Waals surface area contributed by atoms with Gasteiger partial charge in [-0.05, 0) is 35.4 Å². The highest BCUT2D eigenvalue weighted by atomic mass is 19.1. The van der Waals surface area contributed by atoms with Crippen LogP contribution in [0.1, 0.15) is 22.6 Å². The molecule has 0 aliphatic heterocycles. The Kier molecular flexibility index (Phi) is 5.80. The third-order valence-corrected chi connectivity index (χ3v) is 4.04. The fraction of sp³-hybridized carbons (Fsp3) is 0.0870. The van der Waals surface area contributed by atoms with E-state index in [1.54, 1.807) is 12.1 Å². The van der Waals surface area contributed by atoms with E-state index in [0.717, 1.165) is 11.1 Å². The summed E-state index contributed by atoms with van der Waals surface area (Å²) in [6.07, 6.45) is 0. The first-order valence-electron chi connectivity index (χ1n) is 8.37. The molecule has 0 atom stereocenters. The monoisotopic (exact) mass is 343 g/mol. The van der Waals surface area contributed by atoms with Gasteiger partial charge in [0.05, 0.1) is 0 Å². The zero-order valence-corrected chi connectivity index (χ0v) is 14.2. The second-order valence-corrected chi connectivity index (χ2v) is 5.84. The molecule has 1 amide bonds. The van der Waals surface area contributed by atoms with Crippen molar-refractivity contribution in [1.29, 1.82) is 0 Å². The van der Waals surface area contributed by atoms with E-state index in [4.69, 9.17) is 0 Å². The zero-order chi connectivity index (χ0) is 18.2. The summed E-state index contributed by atoms with van der Waals surface area (Å²) >= 11 is 0. The normalized spacial score (nSPS) is 10.1.